The van der Waals surface area contributed by atoms with Gasteiger partial charge in [-0.05, 0) is 31.2 Å². The van der Waals surface area contributed by atoms with Crippen LogP contribution in [0.4, 0.5) is 0 Å². The molecule has 0 saturated heterocycles. The molecule has 3 nitrogen and oxygen atoms in total. The van der Waals surface area contributed by atoms with E-state index in [9.17, 15) is 4.79 Å². The molecule has 0 unspecified atom stereocenters. The summed E-state index contributed by atoms with van der Waals surface area (Å²) in [5.41, 5.74) is 0.654. The Kier molecular flexibility index (Phi) is 4.78. The van der Waals surface area contributed by atoms with Crippen molar-refractivity contribution in [1.82, 2.24) is 5.32 Å². The van der Waals surface area contributed by atoms with Gasteiger partial charge < -0.3 is 10.1 Å². The van der Waals surface area contributed by atoms with Crippen LogP contribution in [-0.2, 0) is 4.74 Å². The average Bonchev–Trinajstić information content (AvgIpc) is 2.18. The zero-order valence-corrected chi connectivity index (χ0v) is 10.4. The molecule has 1 atom stereocenters. The van der Waals surface area contributed by atoms with Crippen molar-refractivity contribution < 1.29 is 9.53 Å². The SMILES string of the molecule is COC[C@@H](C)NC(=O)c1ccc(Br)cc1. The van der Waals surface area contributed by atoms with Crippen molar-refractivity contribution >= 4 is 21.8 Å². The van der Waals surface area contributed by atoms with Gasteiger partial charge in [-0.25, -0.2) is 0 Å². The smallest absolute Gasteiger partial charge is 0.251 e. The number of halogens is 1. The first-order valence-corrected chi connectivity index (χ1v) is 5.48. The quantitative estimate of drug-likeness (QED) is 0.912. The minimum Gasteiger partial charge on any atom is -0.383 e. The highest BCUT2D eigenvalue weighted by molar-refractivity contribution is 9.10. The van der Waals surface area contributed by atoms with E-state index in [2.05, 4.69) is 21.2 Å². The summed E-state index contributed by atoms with van der Waals surface area (Å²) in [5, 5.41) is 2.84. The Hall–Kier alpha value is -0.870. The molecular weight excluding hydrogens is 258 g/mol. The normalized spacial score (nSPS) is 12.2. The molecule has 0 fully saturated rings. The van der Waals surface area contributed by atoms with Crippen LogP contribution >= 0.6 is 15.9 Å². The van der Waals surface area contributed by atoms with Crippen molar-refractivity contribution in [3.05, 3.63) is 34.3 Å². The Morgan fingerprint density at radius 1 is 1.47 bits per heavy atom. The minimum atomic E-state index is -0.0768. The molecule has 1 N–H and O–H groups in total. The first kappa shape index (κ1) is 12.2. The van der Waals surface area contributed by atoms with Crippen LogP contribution < -0.4 is 5.32 Å². The lowest BCUT2D eigenvalue weighted by molar-refractivity contribution is 0.0905. The number of rotatable bonds is 4. The van der Waals surface area contributed by atoms with Crippen LogP contribution in [0, 0.1) is 0 Å². The van der Waals surface area contributed by atoms with Crippen molar-refractivity contribution in [2.75, 3.05) is 13.7 Å². The maximum Gasteiger partial charge on any atom is 0.251 e. The average molecular weight is 272 g/mol. The van der Waals surface area contributed by atoms with Crippen LogP contribution in [0.1, 0.15) is 17.3 Å². The highest BCUT2D eigenvalue weighted by Gasteiger charge is 2.08. The number of carbonyl (C=O) groups is 1. The Morgan fingerprint density at radius 2 is 2.07 bits per heavy atom. The second-order valence-corrected chi connectivity index (χ2v) is 4.25. The van der Waals surface area contributed by atoms with Gasteiger partial charge in [0.2, 0.25) is 0 Å². The second-order valence-electron chi connectivity index (χ2n) is 3.34. The topological polar surface area (TPSA) is 38.3 Å². The van der Waals surface area contributed by atoms with Gasteiger partial charge in [-0.15, -0.1) is 0 Å². The van der Waals surface area contributed by atoms with E-state index in [1.807, 2.05) is 19.1 Å². The van der Waals surface area contributed by atoms with Crippen LogP contribution in [0.25, 0.3) is 0 Å². The van der Waals surface area contributed by atoms with Gasteiger partial charge in [-0.2, -0.15) is 0 Å². The van der Waals surface area contributed by atoms with Gasteiger partial charge in [0, 0.05) is 23.2 Å². The summed E-state index contributed by atoms with van der Waals surface area (Å²) in [6, 6.07) is 7.26. The fourth-order valence-corrected chi connectivity index (χ4v) is 1.46. The van der Waals surface area contributed by atoms with Gasteiger partial charge in [0.1, 0.15) is 0 Å². The first-order chi connectivity index (χ1) is 7.13. The predicted molar refractivity (Wildman–Crippen MR) is 62.9 cm³/mol. The summed E-state index contributed by atoms with van der Waals surface area (Å²) in [4.78, 5) is 11.7. The fourth-order valence-electron chi connectivity index (χ4n) is 1.20. The van der Waals surface area contributed by atoms with Crippen LogP contribution in [0.3, 0.4) is 0 Å². The Bertz CT molecular complexity index is 324. The van der Waals surface area contributed by atoms with E-state index in [0.717, 1.165) is 4.47 Å². The largest absolute Gasteiger partial charge is 0.383 e. The molecule has 0 aliphatic heterocycles. The molecule has 0 spiro atoms. The molecule has 0 aliphatic carbocycles. The summed E-state index contributed by atoms with van der Waals surface area (Å²) in [6.45, 7) is 2.42. The van der Waals surface area contributed by atoms with Gasteiger partial charge >= 0.3 is 0 Å². The zero-order valence-electron chi connectivity index (χ0n) is 8.79. The van der Waals surface area contributed by atoms with Gasteiger partial charge in [0.15, 0.2) is 0 Å². The molecule has 82 valence electrons. The van der Waals surface area contributed by atoms with E-state index in [4.69, 9.17) is 4.74 Å². The molecule has 0 aromatic heterocycles. The molecule has 0 bridgehead atoms. The number of carbonyl (C=O) groups excluding carboxylic acids is 1. The second kappa shape index (κ2) is 5.88. The third-order valence-electron chi connectivity index (χ3n) is 1.90. The standard InChI is InChI=1S/C11H14BrNO2/c1-8(7-15-2)13-11(14)9-3-5-10(12)6-4-9/h3-6,8H,7H2,1-2H3,(H,13,14)/t8-/m1/s1. The number of methoxy groups -OCH3 is 1. The van der Waals surface area contributed by atoms with Crippen molar-refractivity contribution in [2.45, 2.75) is 13.0 Å². The molecule has 1 aromatic carbocycles. The van der Waals surface area contributed by atoms with E-state index >= 15 is 0 Å². The fraction of sp³-hybridized carbons (Fsp3) is 0.364. The monoisotopic (exact) mass is 271 g/mol. The number of hydrogen-bond acceptors (Lipinski definition) is 2. The molecule has 0 radical (unpaired) electrons. The highest BCUT2D eigenvalue weighted by Crippen LogP contribution is 2.10. The number of amides is 1. The lowest BCUT2D eigenvalue weighted by atomic mass is 10.2. The highest BCUT2D eigenvalue weighted by atomic mass is 79.9. The van der Waals surface area contributed by atoms with E-state index in [-0.39, 0.29) is 11.9 Å². The maximum absolute atomic E-state index is 11.7. The van der Waals surface area contributed by atoms with Crippen molar-refractivity contribution in [1.29, 1.82) is 0 Å². The minimum absolute atomic E-state index is 0.0196. The van der Waals surface area contributed by atoms with Gasteiger partial charge in [0.05, 0.1) is 6.61 Å². The summed E-state index contributed by atoms with van der Waals surface area (Å²) >= 11 is 3.32. The van der Waals surface area contributed by atoms with Gasteiger partial charge in [0.25, 0.3) is 5.91 Å². The molecule has 0 aliphatic rings. The van der Waals surface area contributed by atoms with Crippen LogP contribution in [-0.4, -0.2) is 25.7 Å². The molecule has 0 saturated carbocycles. The molecule has 0 heterocycles. The number of nitrogens with one attached hydrogen (secondary N) is 1. The van der Waals surface area contributed by atoms with E-state index < -0.39 is 0 Å². The van der Waals surface area contributed by atoms with E-state index in [1.165, 1.54) is 0 Å². The van der Waals surface area contributed by atoms with Crippen LogP contribution in [0.5, 0.6) is 0 Å². The summed E-state index contributed by atoms with van der Waals surface area (Å²) in [5.74, 6) is -0.0768. The van der Waals surface area contributed by atoms with Crippen LogP contribution in [0.15, 0.2) is 28.7 Å². The molecule has 15 heavy (non-hydrogen) atoms. The third-order valence-corrected chi connectivity index (χ3v) is 2.43. The van der Waals surface area contributed by atoms with Gasteiger partial charge in [-0.3, -0.25) is 4.79 Å². The number of benzene rings is 1. The van der Waals surface area contributed by atoms with E-state index in [1.54, 1.807) is 19.2 Å². The summed E-state index contributed by atoms with van der Waals surface area (Å²) < 4.78 is 5.90. The third kappa shape index (κ3) is 4.01. The maximum atomic E-state index is 11.7. The lowest BCUT2D eigenvalue weighted by Gasteiger charge is -2.12. The number of ether oxygens (including phenoxy) is 1. The molecule has 1 rings (SSSR count). The Labute approximate surface area is 97.9 Å². The predicted octanol–water partition coefficient (Wildman–Crippen LogP) is 2.21. The molecule has 1 aromatic rings. The Morgan fingerprint density at radius 3 is 2.60 bits per heavy atom. The molecular formula is C11H14BrNO2. The van der Waals surface area contributed by atoms with Crippen LogP contribution in [0.2, 0.25) is 0 Å². The van der Waals surface area contributed by atoms with Crippen molar-refractivity contribution in [3.8, 4) is 0 Å². The first-order valence-electron chi connectivity index (χ1n) is 4.69. The lowest BCUT2D eigenvalue weighted by Crippen LogP contribution is -2.35. The number of hydrogen-bond donors (Lipinski definition) is 1. The van der Waals surface area contributed by atoms with Crippen molar-refractivity contribution in [2.24, 2.45) is 0 Å². The van der Waals surface area contributed by atoms with Crippen molar-refractivity contribution in [3.63, 3.8) is 0 Å². The molecule has 4 heteroatoms. The van der Waals surface area contributed by atoms with E-state index in [0.29, 0.717) is 12.2 Å². The summed E-state index contributed by atoms with van der Waals surface area (Å²) in [6.07, 6.45) is 0. The molecule has 1 amide bonds. The summed E-state index contributed by atoms with van der Waals surface area (Å²) in [7, 11) is 1.61. The van der Waals surface area contributed by atoms with Gasteiger partial charge in [-0.1, -0.05) is 15.9 Å². The zero-order chi connectivity index (χ0) is 11.3. The Balaban J connectivity index is 2.57.